The number of carbonyl (C=O) groups excluding carboxylic acids is 1. The lowest BCUT2D eigenvalue weighted by atomic mass is 10.2. The Morgan fingerprint density at radius 2 is 1.96 bits per heavy atom. The van der Waals surface area contributed by atoms with Gasteiger partial charge in [0.05, 0.1) is 14.2 Å². The summed E-state index contributed by atoms with van der Waals surface area (Å²) in [4.78, 5) is 20.7. The van der Waals surface area contributed by atoms with Gasteiger partial charge in [-0.2, -0.15) is 0 Å². The molecule has 2 N–H and O–H groups in total. The number of aromatic nitrogens is 2. The van der Waals surface area contributed by atoms with Crippen molar-refractivity contribution in [1.82, 2.24) is 9.97 Å². The average molecular weight is 314 g/mol. The predicted molar refractivity (Wildman–Crippen MR) is 86.2 cm³/mol. The van der Waals surface area contributed by atoms with Crippen LogP contribution in [0.2, 0.25) is 0 Å². The van der Waals surface area contributed by atoms with Gasteiger partial charge >= 0.3 is 0 Å². The third-order valence-electron chi connectivity index (χ3n) is 3.44. The van der Waals surface area contributed by atoms with Gasteiger partial charge in [0, 0.05) is 24.0 Å². The topological polar surface area (TPSA) is 85.4 Å². The molecule has 0 bridgehead atoms. The van der Waals surface area contributed by atoms with Gasteiger partial charge in [0.15, 0.2) is 11.5 Å². The first-order valence-electron chi connectivity index (χ1n) is 7.32. The summed E-state index contributed by atoms with van der Waals surface area (Å²) in [6.45, 7) is 0. The zero-order chi connectivity index (χ0) is 16.2. The standard InChI is InChI=1S/C16H18N4O3/c1-22-13-6-5-11(9-14(13)23-2)18-15(21)12-7-8-17-16(20-12)19-10-3-4-10/h5-10H,3-4H2,1-2H3,(H,18,21)(H,17,19,20). The molecule has 120 valence electrons. The van der Waals surface area contributed by atoms with Crippen LogP contribution in [0.4, 0.5) is 11.6 Å². The van der Waals surface area contributed by atoms with Gasteiger partial charge in [-0.05, 0) is 31.0 Å². The minimum absolute atomic E-state index is 0.304. The van der Waals surface area contributed by atoms with Crippen LogP contribution in [0.1, 0.15) is 23.3 Å². The second-order valence-electron chi connectivity index (χ2n) is 5.21. The molecule has 0 radical (unpaired) electrons. The fourth-order valence-corrected chi connectivity index (χ4v) is 2.07. The second kappa shape index (κ2) is 6.51. The van der Waals surface area contributed by atoms with E-state index in [0.717, 1.165) is 12.8 Å². The maximum atomic E-state index is 12.3. The number of hydrogen-bond acceptors (Lipinski definition) is 6. The molecule has 23 heavy (non-hydrogen) atoms. The van der Waals surface area contributed by atoms with E-state index >= 15 is 0 Å². The number of nitrogens with one attached hydrogen (secondary N) is 2. The lowest BCUT2D eigenvalue weighted by molar-refractivity contribution is 0.102. The fraction of sp³-hybridized carbons (Fsp3) is 0.312. The summed E-state index contributed by atoms with van der Waals surface area (Å²) in [5.74, 6) is 1.32. The number of nitrogens with zero attached hydrogens (tertiary/aromatic N) is 2. The Labute approximate surface area is 134 Å². The van der Waals surface area contributed by atoms with Crippen molar-refractivity contribution in [3.8, 4) is 11.5 Å². The largest absolute Gasteiger partial charge is 0.493 e. The molecule has 0 atom stereocenters. The van der Waals surface area contributed by atoms with Crippen molar-refractivity contribution in [2.75, 3.05) is 24.9 Å². The maximum Gasteiger partial charge on any atom is 0.274 e. The van der Waals surface area contributed by atoms with Crippen molar-refractivity contribution < 1.29 is 14.3 Å². The van der Waals surface area contributed by atoms with Crippen LogP contribution in [-0.2, 0) is 0 Å². The highest BCUT2D eigenvalue weighted by Gasteiger charge is 2.22. The van der Waals surface area contributed by atoms with Crippen LogP contribution < -0.4 is 20.1 Å². The summed E-state index contributed by atoms with van der Waals surface area (Å²) >= 11 is 0. The number of rotatable bonds is 6. The molecule has 1 heterocycles. The summed E-state index contributed by atoms with van der Waals surface area (Å²) in [6.07, 6.45) is 3.80. The van der Waals surface area contributed by atoms with E-state index in [0.29, 0.717) is 34.9 Å². The lowest BCUT2D eigenvalue weighted by Crippen LogP contribution is -2.15. The third kappa shape index (κ3) is 3.68. The molecule has 0 aliphatic heterocycles. The molecule has 7 heteroatoms. The number of carbonyl (C=O) groups is 1. The highest BCUT2D eigenvalue weighted by Crippen LogP contribution is 2.30. The Kier molecular flexibility index (Phi) is 4.27. The lowest BCUT2D eigenvalue weighted by Gasteiger charge is -2.10. The molecule has 0 unspecified atom stereocenters. The van der Waals surface area contributed by atoms with E-state index < -0.39 is 0 Å². The summed E-state index contributed by atoms with van der Waals surface area (Å²) in [5, 5.41) is 5.96. The third-order valence-corrected chi connectivity index (χ3v) is 3.44. The highest BCUT2D eigenvalue weighted by atomic mass is 16.5. The summed E-state index contributed by atoms with van der Waals surface area (Å²) < 4.78 is 10.4. The maximum absolute atomic E-state index is 12.3. The van der Waals surface area contributed by atoms with Crippen LogP contribution in [0.15, 0.2) is 30.5 Å². The van der Waals surface area contributed by atoms with Gasteiger partial charge in [-0.15, -0.1) is 0 Å². The predicted octanol–water partition coefficient (Wildman–Crippen LogP) is 2.32. The monoisotopic (exact) mass is 314 g/mol. The number of methoxy groups -OCH3 is 2. The van der Waals surface area contributed by atoms with Crippen LogP contribution in [0, 0.1) is 0 Å². The van der Waals surface area contributed by atoms with E-state index in [2.05, 4.69) is 20.6 Å². The molecule has 1 fully saturated rings. The molecular weight excluding hydrogens is 296 g/mol. The number of ether oxygens (including phenoxy) is 2. The van der Waals surface area contributed by atoms with Crippen molar-refractivity contribution in [3.05, 3.63) is 36.2 Å². The van der Waals surface area contributed by atoms with Crippen LogP contribution in [-0.4, -0.2) is 36.1 Å². The molecule has 7 nitrogen and oxygen atoms in total. The molecule has 1 amide bonds. The second-order valence-corrected chi connectivity index (χ2v) is 5.21. The van der Waals surface area contributed by atoms with Gasteiger partial charge in [-0.25, -0.2) is 9.97 Å². The highest BCUT2D eigenvalue weighted by molar-refractivity contribution is 6.03. The summed E-state index contributed by atoms with van der Waals surface area (Å²) in [6, 6.07) is 7.17. The van der Waals surface area contributed by atoms with Crippen LogP contribution in [0.5, 0.6) is 11.5 Å². The van der Waals surface area contributed by atoms with E-state index in [9.17, 15) is 4.79 Å². The van der Waals surface area contributed by atoms with E-state index in [-0.39, 0.29) is 5.91 Å². The summed E-state index contributed by atoms with van der Waals surface area (Å²) in [5.41, 5.74) is 0.904. The molecule has 1 aromatic heterocycles. The molecule has 1 aromatic carbocycles. The first-order chi connectivity index (χ1) is 11.2. The van der Waals surface area contributed by atoms with Crippen molar-refractivity contribution in [2.45, 2.75) is 18.9 Å². The van der Waals surface area contributed by atoms with E-state index in [4.69, 9.17) is 9.47 Å². The molecule has 1 saturated carbocycles. The first-order valence-corrected chi connectivity index (χ1v) is 7.32. The fourth-order valence-electron chi connectivity index (χ4n) is 2.07. The van der Waals surface area contributed by atoms with Crippen molar-refractivity contribution in [1.29, 1.82) is 0 Å². The minimum Gasteiger partial charge on any atom is -0.493 e. The normalized spacial score (nSPS) is 13.3. The number of hydrogen-bond donors (Lipinski definition) is 2. The molecule has 1 aliphatic rings. The van der Waals surface area contributed by atoms with Gasteiger partial charge in [-0.3, -0.25) is 4.79 Å². The zero-order valence-electron chi connectivity index (χ0n) is 13.0. The Hall–Kier alpha value is -2.83. The number of anilines is 2. The van der Waals surface area contributed by atoms with Gasteiger partial charge in [-0.1, -0.05) is 0 Å². The molecule has 0 spiro atoms. The smallest absolute Gasteiger partial charge is 0.274 e. The minimum atomic E-state index is -0.307. The van der Waals surface area contributed by atoms with Gasteiger partial charge in [0.2, 0.25) is 5.95 Å². The van der Waals surface area contributed by atoms with Crippen LogP contribution >= 0.6 is 0 Å². The SMILES string of the molecule is COc1ccc(NC(=O)c2ccnc(NC3CC3)n2)cc1OC. The van der Waals surface area contributed by atoms with E-state index in [1.807, 2.05) is 0 Å². The number of benzene rings is 1. The number of amides is 1. The summed E-state index contributed by atoms with van der Waals surface area (Å²) in [7, 11) is 3.11. The van der Waals surface area contributed by atoms with Crippen LogP contribution in [0.3, 0.4) is 0 Å². The molecular formula is C16H18N4O3. The van der Waals surface area contributed by atoms with Gasteiger partial charge in [0.1, 0.15) is 5.69 Å². The van der Waals surface area contributed by atoms with Crippen LogP contribution in [0.25, 0.3) is 0 Å². The van der Waals surface area contributed by atoms with Crippen molar-refractivity contribution in [3.63, 3.8) is 0 Å². The van der Waals surface area contributed by atoms with Crippen molar-refractivity contribution in [2.24, 2.45) is 0 Å². The quantitative estimate of drug-likeness (QED) is 0.851. The Morgan fingerprint density at radius 3 is 2.65 bits per heavy atom. The molecule has 3 rings (SSSR count). The molecule has 2 aromatic rings. The Morgan fingerprint density at radius 1 is 1.17 bits per heavy atom. The van der Waals surface area contributed by atoms with Gasteiger partial charge in [0.25, 0.3) is 5.91 Å². The average Bonchev–Trinajstić information content (AvgIpc) is 3.39. The van der Waals surface area contributed by atoms with E-state index in [1.54, 1.807) is 44.7 Å². The van der Waals surface area contributed by atoms with Crippen molar-refractivity contribution >= 4 is 17.5 Å². The molecule has 0 saturated heterocycles. The molecule has 1 aliphatic carbocycles. The zero-order valence-corrected chi connectivity index (χ0v) is 13.0. The van der Waals surface area contributed by atoms with Gasteiger partial charge < -0.3 is 20.1 Å². The van der Waals surface area contributed by atoms with E-state index in [1.165, 1.54) is 0 Å². The Bertz CT molecular complexity index is 716. The Balaban J connectivity index is 1.73. The first kappa shape index (κ1) is 15.1.